The predicted molar refractivity (Wildman–Crippen MR) is 101 cm³/mol. The number of rotatable bonds is 4. The van der Waals surface area contributed by atoms with E-state index in [0.29, 0.717) is 52.1 Å². The summed E-state index contributed by atoms with van der Waals surface area (Å²) in [6.45, 7) is 5.03. The van der Waals surface area contributed by atoms with E-state index in [1.165, 1.54) is 5.69 Å². The molecule has 27 heavy (non-hydrogen) atoms. The van der Waals surface area contributed by atoms with Gasteiger partial charge in [0.25, 0.3) is 0 Å². The van der Waals surface area contributed by atoms with E-state index in [0.717, 1.165) is 19.5 Å². The molecule has 0 spiro atoms. The number of hydrogen-bond acceptors (Lipinski definition) is 4. The topological polar surface area (TPSA) is 64.2 Å². The van der Waals surface area contributed by atoms with E-state index in [-0.39, 0.29) is 11.8 Å². The minimum Gasteiger partial charge on any atom is -0.368 e. The molecule has 0 N–H and O–H groups in total. The van der Waals surface area contributed by atoms with E-state index >= 15 is 0 Å². The molecule has 7 heteroatoms. The zero-order valence-electron chi connectivity index (χ0n) is 15.5. The number of anilines is 1. The highest BCUT2D eigenvalue weighted by Gasteiger charge is 2.59. The maximum atomic E-state index is 13.1. The van der Waals surface area contributed by atoms with Crippen molar-refractivity contribution < 1.29 is 14.4 Å². The van der Waals surface area contributed by atoms with Crippen LogP contribution in [0, 0.1) is 5.41 Å². The molecule has 3 aliphatic rings. The molecule has 0 unspecified atom stereocenters. The molecular weight excluding hydrogens is 344 g/mol. The number of nitrogens with zero attached hydrogens (tertiary/aromatic N) is 4. The lowest BCUT2D eigenvalue weighted by Crippen LogP contribution is -2.56. The van der Waals surface area contributed by atoms with E-state index in [9.17, 15) is 14.4 Å². The Balaban J connectivity index is 1.35. The Labute approximate surface area is 159 Å². The SMILES string of the molecule is O=CN1CCN(C(=O)C2(C(=O)N3CCN(c4ccccc4)CC3)CC2)CC1. The molecule has 0 bridgehead atoms. The number of piperazine rings is 2. The average molecular weight is 370 g/mol. The van der Waals surface area contributed by atoms with Crippen LogP contribution in [-0.2, 0) is 14.4 Å². The van der Waals surface area contributed by atoms with E-state index in [2.05, 4.69) is 17.0 Å². The van der Waals surface area contributed by atoms with Crippen molar-refractivity contribution in [2.24, 2.45) is 5.41 Å². The van der Waals surface area contributed by atoms with Crippen molar-refractivity contribution in [3.8, 4) is 0 Å². The van der Waals surface area contributed by atoms with Crippen molar-refractivity contribution in [3.63, 3.8) is 0 Å². The van der Waals surface area contributed by atoms with Crippen molar-refractivity contribution >= 4 is 23.9 Å². The number of hydrogen-bond donors (Lipinski definition) is 0. The summed E-state index contributed by atoms with van der Waals surface area (Å²) in [6.07, 6.45) is 2.13. The van der Waals surface area contributed by atoms with Crippen LogP contribution in [0.25, 0.3) is 0 Å². The summed E-state index contributed by atoms with van der Waals surface area (Å²) in [5, 5.41) is 0. The lowest BCUT2D eigenvalue weighted by molar-refractivity contribution is -0.151. The van der Waals surface area contributed by atoms with Crippen molar-refractivity contribution in [2.45, 2.75) is 12.8 Å². The normalized spacial score (nSPS) is 21.8. The van der Waals surface area contributed by atoms with Gasteiger partial charge in [-0.15, -0.1) is 0 Å². The highest BCUT2D eigenvalue weighted by molar-refractivity contribution is 6.08. The van der Waals surface area contributed by atoms with Gasteiger partial charge in [-0.1, -0.05) is 18.2 Å². The molecule has 0 atom stereocenters. The van der Waals surface area contributed by atoms with Crippen molar-refractivity contribution in [3.05, 3.63) is 30.3 Å². The first kappa shape index (κ1) is 17.8. The quantitative estimate of drug-likeness (QED) is 0.569. The Morgan fingerprint density at radius 3 is 1.78 bits per heavy atom. The van der Waals surface area contributed by atoms with Crippen LogP contribution in [0.2, 0.25) is 0 Å². The number of carbonyl (C=O) groups excluding carboxylic acids is 3. The minimum absolute atomic E-state index is 0.00183. The monoisotopic (exact) mass is 370 g/mol. The van der Waals surface area contributed by atoms with Crippen LogP contribution in [0.4, 0.5) is 5.69 Å². The molecular formula is C20H26N4O3. The fraction of sp³-hybridized carbons (Fsp3) is 0.550. The standard InChI is InChI=1S/C20H26N4O3/c25-16-21-8-10-23(11-9-21)18(26)20(6-7-20)19(27)24-14-12-22(13-15-24)17-4-2-1-3-5-17/h1-5,16H,6-15H2. The third-order valence-electron chi connectivity index (χ3n) is 6.01. The molecule has 144 valence electrons. The summed E-state index contributed by atoms with van der Waals surface area (Å²) < 4.78 is 0. The van der Waals surface area contributed by atoms with Gasteiger partial charge in [0, 0.05) is 58.0 Å². The Morgan fingerprint density at radius 2 is 1.30 bits per heavy atom. The van der Waals surface area contributed by atoms with Gasteiger partial charge in [0.15, 0.2) is 0 Å². The summed E-state index contributed by atoms with van der Waals surface area (Å²) in [6, 6.07) is 10.2. The summed E-state index contributed by atoms with van der Waals surface area (Å²) in [5.74, 6) is -0.0402. The first-order valence-corrected chi connectivity index (χ1v) is 9.72. The second-order valence-corrected chi connectivity index (χ2v) is 7.63. The van der Waals surface area contributed by atoms with Gasteiger partial charge in [-0.25, -0.2) is 0 Å². The van der Waals surface area contributed by atoms with E-state index < -0.39 is 5.41 Å². The molecule has 0 radical (unpaired) electrons. The van der Waals surface area contributed by atoms with E-state index in [1.54, 1.807) is 9.80 Å². The molecule has 4 rings (SSSR count). The third kappa shape index (κ3) is 3.38. The van der Waals surface area contributed by atoms with Crippen LogP contribution in [0.1, 0.15) is 12.8 Å². The maximum Gasteiger partial charge on any atom is 0.238 e. The summed E-state index contributed by atoms with van der Waals surface area (Å²) >= 11 is 0. The van der Waals surface area contributed by atoms with Crippen LogP contribution in [0.3, 0.4) is 0 Å². The Morgan fingerprint density at radius 1 is 0.778 bits per heavy atom. The van der Waals surface area contributed by atoms with Crippen molar-refractivity contribution in [1.29, 1.82) is 0 Å². The number of para-hydroxylation sites is 1. The molecule has 2 aliphatic heterocycles. The lowest BCUT2D eigenvalue weighted by atomic mass is 10.0. The van der Waals surface area contributed by atoms with Crippen LogP contribution in [0.15, 0.2) is 30.3 Å². The smallest absolute Gasteiger partial charge is 0.238 e. The van der Waals surface area contributed by atoms with Gasteiger partial charge in [0.2, 0.25) is 18.2 Å². The predicted octanol–water partition coefficient (Wildman–Crippen LogP) is 0.416. The maximum absolute atomic E-state index is 13.1. The third-order valence-corrected chi connectivity index (χ3v) is 6.01. The molecule has 3 fully saturated rings. The second-order valence-electron chi connectivity index (χ2n) is 7.63. The van der Waals surface area contributed by atoms with E-state index in [1.807, 2.05) is 23.1 Å². The molecule has 0 aromatic heterocycles. The van der Waals surface area contributed by atoms with Gasteiger partial charge in [0.05, 0.1) is 0 Å². The molecule has 2 saturated heterocycles. The molecule has 1 aliphatic carbocycles. The van der Waals surface area contributed by atoms with Crippen molar-refractivity contribution in [1.82, 2.24) is 14.7 Å². The Bertz CT molecular complexity index is 703. The van der Waals surface area contributed by atoms with Gasteiger partial charge in [-0.05, 0) is 25.0 Å². The average Bonchev–Trinajstić information content (AvgIpc) is 3.55. The van der Waals surface area contributed by atoms with Gasteiger partial charge in [-0.2, -0.15) is 0 Å². The number of benzene rings is 1. The zero-order valence-corrected chi connectivity index (χ0v) is 15.5. The Hall–Kier alpha value is -2.57. The van der Waals surface area contributed by atoms with Gasteiger partial charge < -0.3 is 19.6 Å². The fourth-order valence-corrected chi connectivity index (χ4v) is 4.09. The largest absolute Gasteiger partial charge is 0.368 e. The van der Waals surface area contributed by atoms with Crippen LogP contribution >= 0.6 is 0 Å². The molecule has 2 heterocycles. The van der Waals surface area contributed by atoms with Crippen LogP contribution < -0.4 is 4.90 Å². The summed E-state index contributed by atoms with van der Waals surface area (Å²) in [7, 11) is 0. The van der Waals surface area contributed by atoms with Gasteiger partial charge >= 0.3 is 0 Å². The van der Waals surface area contributed by atoms with Gasteiger partial charge in [0.1, 0.15) is 5.41 Å². The van der Waals surface area contributed by atoms with Crippen LogP contribution in [0.5, 0.6) is 0 Å². The Kier molecular flexibility index (Phi) is 4.76. The molecule has 1 aromatic rings. The van der Waals surface area contributed by atoms with E-state index in [4.69, 9.17) is 0 Å². The molecule has 3 amide bonds. The number of carbonyl (C=O) groups is 3. The second kappa shape index (κ2) is 7.21. The van der Waals surface area contributed by atoms with Crippen LogP contribution in [-0.4, -0.2) is 85.3 Å². The molecule has 7 nitrogen and oxygen atoms in total. The first-order valence-electron chi connectivity index (χ1n) is 9.72. The summed E-state index contributed by atoms with van der Waals surface area (Å²) in [5.41, 5.74) is 0.341. The lowest BCUT2D eigenvalue weighted by Gasteiger charge is -2.39. The first-order chi connectivity index (χ1) is 13.1. The zero-order chi connectivity index (χ0) is 18.9. The fourth-order valence-electron chi connectivity index (χ4n) is 4.09. The number of amides is 3. The van der Waals surface area contributed by atoms with Gasteiger partial charge in [-0.3, -0.25) is 14.4 Å². The van der Waals surface area contributed by atoms with Crippen molar-refractivity contribution in [2.75, 3.05) is 57.3 Å². The summed E-state index contributed by atoms with van der Waals surface area (Å²) in [4.78, 5) is 44.6. The highest BCUT2D eigenvalue weighted by Crippen LogP contribution is 2.49. The molecule has 1 saturated carbocycles. The highest BCUT2D eigenvalue weighted by atomic mass is 16.2. The minimum atomic E-state index is -0.835. The molecule has 1 aromatic carbocycles.